The molecule has 1 aliphatic rings. The molecule has 1 amide bonds. The van der Waals surface area contributed by atoms with Crippen LogP contribution in [0.2, 0.25) is 0 Å². The van der Waals surface area contributed by atoms with Crippen LogP contribution in [-0.2, 0) is 20.7 Å². The number of amides is 1. The average Bonchev–Trinajstić information content (AvgIpc) is 2.37. The van der Waals surface area contributed by atoms with E-state index in [1.165, 1.54) is 0 Å². The number of benzene rings is 1. The summed E-state index contributed by atoms with van der Waals surface area (Å²) >= 11 is 0. The quantitative estimate of drug-likeness (QED) is 0.788. The maximum Gasteiger partial charge on any atom is 0.339 e. The Kier molecular flexibility index (Phi) is 3.62. The van der Waals surface area contributed by atoms with Gasteiger partial charge in [0, 0.05) is 12.1 Å². The molecule has 1 heterocycles. The summed E-state index contributed by atoms with van der Waals surface area (Å²) in [7, 11) is 0. The smallest absolute Gasteiger partial charge is 0.339 e. The van der Waals surface area contributed by atoms with E-state index in [1.807, 2.05) is 0 Å². The summed E-state index contributed by atoms with van der Waals surface area (Å²) in [6, 6.07) is 5.13. The fourth-order valence-corrected chi connectivity index (χ4v) is 2.06. The minimum Gasteiger partial charge on any atom is -0.464 e. The van der Waals surface area contributed by atoms with E-state index >= 15 is 0 Å². The van der Waals surface area contributed by atoms with Crippen molar-refractivity contribution < 1.29 is 19.4 Å². The van der Waals surface area contributed by atoms with Gasteiger partial charge in [0.1, 0.15) is 0 Å². The molecule has 1 aromatic rings. The van der Waals surface area contributed by atoms with Crippen LogP contribution in [0.1, 0.15) is 30.6 Å². The minimum atomic E-state index is -1.30. The number of aliphatic hydroxyl groups excluding tert-OH is 1. The molecule has 1 unspecified atom stereocenters. The monoisotopic (exact) mass is 249 g/mol. The zero-order valence-electron chi connectivity index (χ0n) is 10.1. The maximum atomic E-state index is 11.5. The van der Waals surface area contributed by atoms with Gasteiger partial charge in [-0.1, -0.05) is 12.1 Å². The molecule has 0 aromatic heterocycles. The number of fused-ring (bicyclic) bond motifs is 1. The molecule has 1 atom stereocenters. The Bertz CT molecular complexity index is 484. The van der Waals surface area contributed by atoms with E-state index in [0.717, 1.165) is 5.56 Å². The summed E-state index contributed by atoms with van der Waals surface area (Å²) in [6.45, 7) is 1.91. The predicted molar refractivity (Wildman–Crippen MR) is 65.0 cm³/mol. The van der Waals surface area contributed by atoms with Crippen molar-refractivity contribution >= 4 is 17.6 Å². The van der Waals surface area contributed by atoms with Gasteiger partial charge in [-0.15, -0.1) is 0 Å². The van der Waals surface area contributed by atoms with Crippen LogP contribution in [0.5, 0.6) is 0 Å². The number of hydrogen-bond donors (Lipinski definition) is 2. The van der Waals surface area contributed by atoms with Crippen LogP contribution >= 0.6 is 0 Å². The highest BCUT2D eigenvalue weighted by Gasteiger charge is 2.25. The van der Waals surface area contributed by atoms with Crippen LogP contribution in [0.15, 0.2) is 18.2 Å². The second kappa shape index (κ2) is 5.18. The fraction of sp³-hybridized carbons (Fsp3) is 0.385. The summed E-state index contributed by atoms with van der Waals surface area (Å²) in [4.78, 5) is 22.8. The van der Waals surface area contributed by atoms with Crippen LogP contribution < -0.4 is 5.32 Å². The predicted octanol–water partition coefficient (Wildman–Crippen LogP) is 1.17. The van der Waals surface area contributed by atoms with Gasteiger partial charge in [0.05, 0.1) is 6.61 Å². The summed E-state index contributed by atoms with van der Waals surface area (Å²) in [6.07, 6.45) is -0.414. The molecule has 0 fully saturated rings. The SMILES string of the molecule is CCOC(=O)C(O)c1cccc2c1CCC(=O)N2. The van der Waals surface area contributed by atoms with Gasteiger partial charge >= 0.3 is 5.97 Å². The highest BCUT2D eigenvalue weighted by molar-refractivity contribution is 5.94. The van der Waals surface area contributed by atoms with Crippen molar-refractivity contribution in [1.29, 1.82) is 0 Å². The van der Waals surface area contributed by atoms with Gasteiger partial charge in [-0.2, -0.15) is 0 Å². The second-order valence-corrected chi connectivity index (χ2v) is 4.08. The molecule has 0 radical (unpaired) electrons. The Labute approximate surface area is 105 Å². The number of ether oxygens (including phenoxy) is 1. The van der Waals surface area contributed by atoms with Crippen LogP contribution in [0.4, 0.5) is 5.69 Å². The number of hydrogen-bond acceptors (Lipinski definition) is 4. The Morgan fingerprint density at radius 2 is 2.28 bits per heavy atom. The summed E-state index contributed by atoms with van der Waals surface area (Å²) in [5.74, 6) is -0.715. The zero-order valence-corrected chi connectivity index (χ0v) is 10.1. The normalized spacial score (nSPS) is 15.6. The molecule has 0 spiro atoms. The van der Waals surface area contributed by atoms with Gasteiger partial charge in [-0.25, -0.2) is 4.79 Å². The highest BCUT2D eigenvalue weighted by Crippen LogP contribution is 2.30. The van der Waals surface area contributed by atoms with Crippen molar-refractivity contribution in [2.24, 2.45) is 0 Å². The summed E-state index contributed by atoms with van der Waals surface area (Å²) in [5, 5.41) is 12.7. The molecule has 0 bridgehead atoms. The Hall–Kier alpha value is -1.88. The molecule has 2 N–H and O–H groups in total. The third-order valence-corrected chi connectivity index (χ3v) is 2.89. The van der Waals surface area contributed by atoms with E-state index in [1.54, 1.807) is 25.1 Å². The average molecular weight is 249 g/mol. The van der Waals surface area contributed by atoms with Crippen molar-refractivity contribution in [3.8, 4) is 0 Å². The lowest BCUT2D eigenvalue weighted by Crippen LogP contribution is -2.23. The van der Waals surface area contributed by atoms with Crippen LogP contribution in [0.3, 0.4) is 0 Å². The number of nitrogens with one attached hydrogen (secondary N) is 1. The van der Waals surface area contributed by atoms with Crippen LogP contribution in [0.25, 0.3) is 0 Å². The van der Waals surface area contributed by atoms with Gasteiger partial charge in [-0.3, -0.25) is 4.79 Å². The number of carbonyl (C=O) groups is 2. The lowest BCUT2D eigenvalue weighted by atomic mass is 9.94. The van der Waals surface area contributed by atoms with E-state index in [0.29, 0.717) is 24.1 Å². The molecule has 5 heteroatoms. The van der Waals surface area contributed by atoms with Crippen molar-refractivity contribution in [3.05, 3.63) is 29.3 Å². The van der Waals surface area contributed by atoms with Gasteiger partial charge in [-0.05, 0) is 30.5 Å². The molecule has 1 aromatic carbocycles. The van der Waals surface area contributed by atoms with Crippen LogP contribution in [0, 0.1) is 0 Å². The number of esters is 1. The first-order valence-electron chi connectivity index (χ1n) is 5.89. The Balaban J connectivity index is 2.31. The van der Waals surface area contributed by atoms with E-state index in [9.17, 15) is 14.7 Å². The van der Waals surface area contributed by atoms with Crippen molar-refractivity contribution in [2.45, 2.75) is 25.9 Å². The summed E-state index contributed by atoms with van der Waals surface area (Å²) in [5.41, 5.74) is 1.97. The molecule has 0 aliphatic carbocycles. The lowest BCUT2D eigenvalue weighted by molar-refractivity contribution is -0.153. The third kappa shape index (κ3) is 2.36. The van der Waals surface area contributed by atoms with Gasteiger partial charge in [0.25, 0.3) is 0 Å². The minimum absolute atomic E-state index is 0.0507. The first-order chi connectivity index (χ1) is 8.63. The number of aliphatic hydroxyl groups is 1. The van der Waals surface area contributed by atoms with Crippen molar-refractivity contribution in [3.63, 3.8) is 0 Å². The molecule has 18 heavy (non-hydrogen) atoms. The van der Waals surface area contributed by atoms with Crippen molar-refractivity contribution in [1.82, 2.24) is 0 Å². The maximum absolute atomic E-state index is 11.5. The molecular formula is C13H15NO4. The third-order valence-electron chi connectivity index (χ3n) is 2.89. The fourth-order valence-electron chi connectivity index (χ4n) is 2.06. The Morgan fingerprint density at radius 3 is 3.00 bits per heavy atom. The molecule has 2 rings (SSSR count). The number of carbonyl (C=O) groups excluding carboxylic acids is 2. The molecule has 0 saturated carbocycles. The topological polar surface area (TPSA) is 75.6 Å². The summed E-state index contributed by atoms with van der Waals surface area (Å²) < 4.78 is 4.79. The first-order valence-corrected chi connectivity index (χ1v) is 5.89. The first kappa shape index (κ1) is 12.6. The van der Waals surface area contributed by atoms with Gasteiger partial charge in [0.15, 0.2) is 6.10 Å². The zero-order chi connectivity index (χ0) is 13.1. The molecule has 5 nitrogen and oxygen atoms in total. The number of rotatable bonds is 3. The van der Waals surface area contributed by atoms with Gasteiger partial charge < -0.3 is 15.2 Å². The molecule has 96 valence electrons. The van der Waals surface area contributed by atoms with E-state index in [2.05, 4.69) is 5.32 Å². The standard InChI is InChI=1S/C13H15NO4/c1-2-18-13(17)12(16)9-4-3-5-10-8(9)6-7-11(15)14-10/h3-5,12,16H,2,6-7H2,1H3,(H,14,15). The lowest BCUT2D eigenvalue weighted by Gasteiger charge is -2.21. The van der Waals surface area contributed by atoms with Gasteiger partial charge in [0.2, 0.25) is 5.91 Å². The van der Waals surface area contributed by atoms with Crippen LogP contribution in [-0.4, -0.2) is 23.6 Å². The molecular weight excluding hydrogens is 234 g/mol. The number of anilines is 1. The van der Waals surface area contributed by atoms with E-state index < -0.39 is 12.1 Å². The highest BCUT2D eigenvalue weighted by atomic mass is 16.5. The molecule has 1 aliphatic heterocycles. The van der Waals surface area contributed by atoms with Crippen molar-refractivity contribution in [2.75, 3.05) is 11.9 Å². The Morgan fingerprint density at radius 1 is 1.50 bits per heavy atom. The molecule has 0 saturated heterocycles. The second-order valence-electron chi connectivity index (χ2n) is 4.08. The van der Waals surface area contributed by atoms with E-state index in [-0.39, 0.29) is 12.5 Å². The largest absolute Gasteiger partial charge is 0.464 e. The van der Waals surface area contributed by atoms with E-state index in [4.69, 9.17) is 4.74 Å².